The number of benzene rings is 1. The molecule has 1 unspecified atom stereocenters. The Morgan fingerprint density at radius 1 is 1.48 bits per heavy atom. The lowest BCUT2D eigenvalue weighted by Crippen LogP contribution is -2.37. The predicted molar refractivity (Wildman–Crippen MR) is 78.7 cm³/mol. The van der Waals surface area contributed by atoms with Gasteiger partial charge in [0, 0.05) is 11.9 Å². The van der Waals surface area contributed by atoms with E-state index in [4.69, 9.17) is 11.6 Å². The van der Waals surface area contributed by atoms with Crippen LogP contribution in [0.2, 0.25) is 5.02 Å². The van der Waals surface area contributed by atoms with Gasteiger partial charge in [-0.2, -0.15) is 0 Å². The van der Waals surface area contributed by atoms with Gasteiger partial charge in [0.2, 0.25) is 0 Å². The van der Waals surface area contributed by atoms with Crippen molar-refractivity contribution in [1.82, 2.24) is 15.6 Å². The number of aromatic nitrogens is 1. The molecule has 0 aliphatic carbocycles. The van der Waals surface area contributed by atoms with Gasteiger partial charge in [-0.1, -0.05) is 17.7 Å². The molecule has 1 heterocycles. The van der Waals surface area contributed by atoms with Crippen molar-refractivity contribution < 1.29 is 14.3 Å². The van der Waals surface area contributed by atoms with Crippen LogP contribution in [0.25, 0.3) is 0 Å². The lowest BCUT2D eigenvalue weighted by molar-refractivity contribution is 0.172. The number of halogens is 2. The topological polar surface area (TPSA) is 74.2 Å². The zero-order valence-electron chi connectivity index (χ0n) is 10.8. The number of nitrogens with one attached hydrogen (secondary N) is 2. The van der Waals surface area contributed by atoms with E-state index in [9.17, 15) is 14.3 Å². The fraction of sp³-hybridized carbons (Fsp3) is 0.231. The lowest BCUT2D eigenvalue weighted by Gasteiger charge is -2.13. The normalized spacial score (nSPS) is 12.0. The zero-order valence-corrected chi connectivity index (χ0v) is 12.4. The van der Waals surface area contributed by atoms with E-state index >= 15 is 0 Å². The number of nitrogens with zero attached hydrogens (tertiary/aromatic N) is 1. The van der Waals surface area contributed by atoms with E-state index in [1.54, 1.807) is 5.51 Å². The molecule has 1 aromatic carbocycles. The van der Waals surface area contributed by atoms with Crippen molar-refractivity contribution in [2.45, 2.75) is 12.6 Å². The standard InChI is InChI=1S/C13H13ClFN3O2S/c14-10-2-1-8(3-11(10)15)12(19)5-17-13(20)16-4-9-6-21-7-18-9/h1-3,6-7,12,19H,4-5H2,(H2,16,17,20). The Morgan fingerprint density at radius 2 is 2.29 bits per heavy atom. The number of hydrogen-bond donors (Lipinski definition) is 3. The third-order valence-corrected chi connectivity index (χ3v) is 3.64. The molecule has 0 fully saturated rings. The number of carbonyl (C=O) groups is 1. The maximum atomic E-state index is 13.3. The molecule has 0 saturated heterocycles. The van der Waals surface area contributed by atoms with Gasteiger partial charge in [0.05, 0.1) is 28.9 Å². The first-order chi connectivity index (χ1) is 10.1. The fourth-order valence-corrected chi connectivity index (χ4v) is 2.26. The third-order valence-electron chi connectivity index (χ3n) is 2.70. The maximum Gasteiger partial charge on any atom is 0.315 e. The first-order valence-electron chi connectivity index (χ1n) is 6.08. The van der Waals surface area contributed by atoms with Crippen LogP contribution in [0.15, 0.2) is 29.1 Å². The van der Waals surface area contributed by atoms with Crippen molar-refractivity contribution in [2.75, 3.05) is 6.54 Å². The second kappa shape index (κ2) is 7.35. The van der Waals surface area contributed by atoms with E-state index in [2.05, 4.69) is 15.6 Å². The summed E-state index contributed by atoms with van der Waals surface area (Å²) in [5.41, 5.74) is 2.78. The minimum absolute atomic E-state index is 0.0140. The van der Waals surface area contributed by atoms with Gasteiger partial charge in [0.1, 0.15) is 5.82 Å². The van der Waals surface area contributed by atoms with Crippen LogP contribution in [0.5, 0.6) is 0 Å². The Labute approximate surface area is 129 Å². The van der Waals surface area contributed by atoms with Crippen molar-refractivity contribution in [3.05, 3.63) is 51.2 Å². The molecule has 0 bridgehead atoms. The fourth-order valence-electron chi connectivity index (χ4n) is 1.59. The van der Waals surface area contributed by atoms with Crippen molar-refractivity contribution >= 4 is 29.0 Å². The van der Waals surface area contributed by atoms with Gasteiger partial charge in [0.25, 0.3) is 0 Å². The van der Waals surface area contributed by atoms with Gasteiger partial charge < -0.3 is 15.7 Å². The molecule has 0 saturated carbocycles. The van der Waals surface area contributed by atoms with Gasteiger partial charge in [0.15, 0.2) is 0 Å². The molecule has 2 amide bonds. The number of aliphatic hydroxyl groups is 1. The minimum Gasteiger partial charge on any atom is -0.387 e. The summed E-state index contributed by atoms with van der Waals surface area (Å²) in [5, 5.41) is 16.8. The summed E-state index contributed by atoms with van der Waals surface area (Å²) in [6.45, 7) is 0.269. The van der Waals surface area contributed by atoms with Crippen molar-refractivity contribution in [1.29, 1.82) is 0 Å². The quantitative estimate of drug-likeness (QED) is 0.789. The molecule has 0 spiro atoms. The molecular formula is C13H13ClFN3O2S. The molecule has 0 radical (unpaired) electrons. The second-order valence-electron chi connectivity index (χ2n) is 4.23. The van der Waals surface area contributed by atoms with Crippen molar-refractivity contribution in [3.63, 3.8) is 0 Å². The van der Waals surface area contributed by atoms with E-state index < -0.39 is 18.0 Å². The number of hydrogen-bond acceptors (Lipinski definition) is 4. The summed E-state index contributed by atoms with van der Waals surface area (Å²) in [6.07, 6.45) is -1.01. The number of urea groups is 1. The summed E-state index contributed by atoms with van der Waals surface area (Å²) in [7, 11) is 0. The van der Waals surface area contributed by atoms with E-state index in [1.165, 1.54) is 23.5 Å². The lowest BCUT2D eigenvalue weighted by atomic mass is 10.1. The van der Waals surface area contributed by atoms with Crippen LogP contribution in [-0.2, 0) is 6.54 Å². The van der Waals surface area contributed by atoms with E-state index in [-0.39, 0.29) is 11.6 Å². The molecule has 3 N–H and O–H groups in total. The molecule has 8 heteroatoms. The van der Waals surface area contributed by atoms with Gasteiger partial charge in [-0.05, 0) is 17.7 Å². The van der Waals surface area contributed by atoms with Crippen LogP contribution in [0.1, 0.15) is 17.4 Å². The molecule has 2 aromatic rings. The summed E-state index contributed by atoms with van der Waals surface area (Å²) in [5.74, 6) is -0.610. The third kappa shape index (κ3) is 4.66. The maximum absolute atomic E-state index is 13.3. The minimum atomic E-state index is -1.01. The first kappa shape index (κ1) is 15.7. The van der Waals surface area contributed by atoms with Gasteiger partial charge in [-0.25, -0.2) is 14.2 Å². The van der Waals surface area contributed by atoms with E-state index in [1.807, 2.05) is 5.38 Å². The average Bonchev–Trinajstić information content (AvgIpc) is 2.98. The highest BCUT2D eigenvalue weighted by Crippen LogP contribution is 2.19. The highest BCUT2D eigenvalue weighted by Gasteiger charge is 2.11. The van der Waals surface area contributed by atoms with Gasteiger partial charge in [-0.3, -0.25) is 0 Å². The Hall–Kier alpha value is -1.70. The van der Waals surface area contributed by atoms with Crippen LogP contribution < -0.4 is 10.6 Å². The molecule has 21 heavy (non-hydrogen) atoms. The number of amides is 2. The monoisotopic (exact) mass is 329 g/mol. The van der Waals surface area contributed by atoms with Crippen molar-refractivity contribution in [3.8, 4) is 0 Å². The molecule has 112 valence electrons. The Balaban J connectivity index is 1.78. The van der Waals surface area contributed by atoms with E-state index in [0.29, 0.717) is 12.1 Å². The summed E-state index contributed by atoms with van der Waals surface area (Å²) >= 11 is 7.00. The highest BCUT2D eigenvalue weighted by molar-refractivity contribution is 7.07. The van der Waals surface area contributed by atoms with Gasteiger partial charge in [-0.15, -0.1) is 11.3 Å². The molecule has 0 aliphatic heterocycles. The number of carbonyl (C=O) groups excluding carboxylic acids is 1. The van der Waals surface area contributed by atoms with Crippen molar-refractivity contribution in [2.24, 2.45) is 0 Å². The number of rotatable bonds is 5. The number of thiazole rings is 1. The molecule has 0 aliphatic rings. The molecule has 5 nitrogen and oxygen atoms in total. The second-order valence-corrected chi connectivity index (χ2v) is 5.36. The van der Waals surface area contributed by atoms with Crippen LogP contribution >= 0.6 is 22.9 Å². The van der Waals surface area contributed by atoms with Crippen LogP contribution in [0, 0.1) is 5.82 Å². The number of aliphatic hydroxyl groups excluding tert-OH is 1. The van der Waals surface area contributed by atoms with E-state index in [0.717, 1.165) is 11.8 Å². The smallest absolute Gasteiger partial charge is 0.315 e. The van der Waals surface area contributed by atoms with Crippen LogP contribution in [-0.4, -0.2) is 22.7 Å². The largest absolute Gasteiger partial charge is 0.387 e. The first-order valence-corrected chi connectivity index (χ1v) is 7.40. The molecule has 1 atom stereocenters. The summed E-state index contributed by atoms with van der Waals surface area (Å²) in [6, 6.07) is 3.57. The molecular weight excluding hydrogens is 317 g/mol. The Bertz CT molecular complexity index is 609. The zero-order chi connectivity index (χ0) is 15.2. The molecule has 2 rings (SSSR count). The highest BCUT2D eigenvalue weighted by atomic mass is 35.5. The average molecular weight is 330 g/mol. The van der Waals surface area contributed by atoms with Gasteiger partial charge >= 0.3 is 6.03 Å². The van der Waals surface area contributed by atoms with Crippen LogP contribution in [0.4, 0.5) is 9.18 Å². The van der Waals surface area contributed by atoms with Crippen LogP contribution in [0.3, 0.4) is 0 Å². The summed E-state index contributed by atoms with van der Waals surface area (Å²) in [4.78, 5) is 15.6. The summed E-state index contributed by atoms with van der Waals surface area (Å²) < 4.78 is 13.3. The molecule has 1 aromatic heterocycles. The SMILES string of the molecule is O=C(NCc1cscn1)NCC(O)c1ccc(Cl)c(F)c1. The predicted octanol–water partition coefficient (Wildman–Crippen LogP) is 2.47. The Morgan fingerprint density at radius 3 is 2.95 bits per heavy atom. The Kier molecular flexibility index (Phi) is 5.49.